The van der Waals surface area contributed by atoms with E-state index in [0.29, 0.717) is 6.61 Å². The molecule has 1 aromatic carbocycles. The fraction of sp³-hybridized carbons (Fsp3) is 0.600. The number of nitrogens with two attached hydrogens (primary N) is 1. The van der Waals surface area contributed by atoms with Crippen LogP contribution >= 0.6 is 11.8 Å². The van der Waals surface area contributed by atoms with Crippen LogP contribution < -0.4 is 5.73 Å². The zero-order chi connectivity index (χ0) is 14.2. The molecule has 1 aromatic rings. The minimum Gasteiger partial charge on any atom is -0.374 e. The summed E-state index contributed by atoms with van der Waals surface area (Å²) in [6, 6.07) is 3.33. The summed E-state index contributed by atoms with van der Waals surface area (Å²) in [6.45, 7) is 0.634. The summed E-state index contributed by atoms with van der Waals surface area (Å²) >= 11 is 1.88. The van der Waals surface area contributed by atoms with Crippen molar-refractivity contribution >= 4 is 11.8 Å². The molecule has 3 rings (SSSR count). The first-order valence-corrected chi connectivity index (χ1v) is 8.18. The fourth-order valence-corrected chi connectivity index (χ4v) is 4.68. The zero-order valence-electron chi connectivity index (χ0n) is 11.3. The minimum absolute atomic E-state index is 0.0280. The van der Waals surface area contributed by atoms with E-state index in [1.807, 2.05) is 11.8 Å². The molecule has 0 saturated carbocycles. The molecule has 110 valence electrons. The topological polar surface area (TPSA) is 35.2 Å². The third kappa shape index (κ3) is 2.59. The Labute approximate surface area is 122 Å². The van der Waals surface area contributed by atoms with Gasteiger partial charge in [-0.15, -0.1) is 0 Å². The fourth-order valence-electron chi connectivity index (χ4n) is 3.30. The monoisotopic (exact) mass is 299 g/mol. The summed E-state index contributed by atoms with van der Waals surface area (Å²) in [5.41, 5.74) is 6.09. The maximum atomic E-state index is 13.9. The molecule has 2 fully saturated rings. The average molecular weight is 299 g/mol. The lowest BCUT2D eigenvalue weighted by atomic mass is 9.79. The molecule has 3 atom stereocenters. The van der Waals surface area contributed by atoms with Crippen LogP contribution in [0.2, 0.25) is 0 Å². The Bertz CT molecular complexity index is 471. The standard InChI is InChI=1S/C15H19F2NOS/c16-11-2-1-3-12(17)13(11)14(18)10-4-6-19-15(8-10)5-7-20-9-15/h1-3,10,14H,4-9,18H2. The molecule has 2 aliphatic rings. The highest BCUT2D eigenvalue weighted by molar-refractivity contribution is 7.99. The quantitative estimate of drug-likeness (QED) is 0.910. The maximum Gasteiger partial charge on any atom is 0.130 e. The molecule has 0 aliphatic carbocycles. The summed E-state index contributed by atoms with van der Waals surface area (Å²) in [5.74, 6) is 1.05. The van der Waals surface area contributed by atoms with Gasteiger partial charge in [-0.05, 0) is 43.1 Å². The van der Waals surface area contributed by atoms with Crippen molar-refractivity contribution in [3.63, 3.8) is 0 Å². The molecule has 0 radical (unpaired) electrons. The molecule has 20 heavy (non-hydrogen) atoms. The Hall–Kier alpha value is -0.650. The second-order valence-electron chi connectivity index (χ2n) is 5.75. The third-order valence-corrected chi connectivity index (χ3v) is 5.66. The van der Waals surface area contributed by atoms with Crippen LogP contribution in [0.4, 0.5) is 8.78 Å². The Balaban J connectivity index is 1.81. The summed E-state index contributed by atoms with van der Waals surface area (Å²) in [7, 11) is 0. The first-order chi connectivity index (χ1) is 9.61. The van der Waals surface area contributed by atoms with E-state index in [9.17, 15) is 8.78 Å². The number of ether oxygens (including phenoxy) is 1. The van der Waals surface area contributed by atoms with Gasteiger partial charge in [0.2, 0.25) is 0 Å². The molecule has 3 unspecified atom stereocenters. The molecular formula is C15H19F2NOS. The van der Waals surface area contributed by atoms with E-state index in [1.165, 1.54) is 18.2 Å². The van der Waals surface area contributed by atoms with E-state index in [2.05, 4.69) is 0 Å². The number of rotatable bonds is 2. The van der Waals surface area contributed by atoms with Crippen LogP contribution in [0, 0.1) is 17.6 Å². The van der Waals surface area contributed by atoms with Crippen LogP contribution in [-0.4, -0.2) is 23.7 Å². The van der Waals surface area contributed by atoms with Gasteiger partial charge in [0.15, 0.2) is 0 Å². The second kappa shape index (κ2) is 5.62. The molecule has 0 aromatic heterocycles. The van der Waals surface area contributed by atoms with E-state index >= 15 is 0 Å². The van der Waals surface area contributed by atoms with Gasteiger partial charge in [0, 0.05) is 24.0 Å². The Morgan fingerprint density at radius 1 is 1.35 bits per heavy atom. The van der Waals surface area contributed by atoms with Crippen molar-refractivity contribution in [2.24, 2.45) is 11.7 Å². The van der Waals surface area contributed by atoms with E-state index in [0.717, 1.165) is 30.8 Å². The highest BCUT2D eigenvalue weighted by Crippen LogP contribution is 2.43. The SMILES string of the molecule is NC(c1c(F)cccc1F)C1CCOC2(CCSC2)C1. The van der Waals surface area contributed by atoms with Crippen LogP contribution in [0.25, 0.3) is 0 Å². The lowest BCUT2D eigenvalue weighted by molar-refractivity contribution is -0.0837. The van der Waals surface area contributed by atoms with E-state index in [4.69, 9.17) is 10.5 Å². The Kier molecular flexibility index (Phi) is 4.02. The summed E-state index contributed by atoms with van der Waals surface area (Å²) in [4.78, 5) is 0. The van der Waals surface area contributed by atoms with E-state index in [1.54, 1.807) is 0 Å². The molecule has 5 heteroatoms. The molecule has 2 heterocycles. The summed E-state index contributed by atoms with van der Waals surface area (Å²) in [6.07, 6.45) is 2.58. The normalized spacial score (nSPS) is 31.6. The number of benzene rings is 1. The molecule has 2 saturated heterocycles. The maximum absolute atomic E-state index is 13.9. The molecule has 0 bridgehead atoms. The first-order valence-electron chi connectivity index (χ1n) is 7.02. The number of thioether (sulfide) groups is 1. The van der Waals surface area contributed by atoms with Crippen LogP contribution in [-0.2, 0) is 4.74 Å². The van der Waals surface area contributed by atoms with Crippen LogP contribution in [0.3, 0.4) is 0 Å². The van der Waals surface area contributed by atoms with Crippen molar-refractivity contribution in [1.29, 1.82) is 0 Å². The average Bonchev–Trinajstić information content (AvgIpc) is 2.86. The molecule has 2 aliphatic heterocycles. The Morgan fingerprint density at radius 2 is 2.10 bits per heavy atom. The van der Waals surface area contributed by atoms with Gasteiger partial charge in [0.25, 0.3) is 0 Å². The molecule has 2 nitrogen and oxygen atoms in total. The highest BCUT2D eigenvalue weighted by Gasteiger charge is 2.42. The highest BCUT2D eigenvalue weighted by atomic mass is 32.2. The van der Waals surface area contributed by atoms with Crippen molar-refractivity contribution in [2.45, 2.75) is 30.9 Å². The van der Waals surface area contributed by atoms with Gasteiger partial charge in [-0.25, -0.2) is 8.78 Å². The van der Waals surface area contributed by atoms with Gasteiger partial charge < -0.3 is 10.5 Å². The van der Waals surface area contributed by atoms with Crippen molar-refractivity contribution < 1.29 is 13.5 Å². The summed E-state index contributed by atoms with van der Waals surface area (Å²) < 4.78 is 33.7. The largest absolute Gasteiger partial charge is 0.374 e. The van der Waals surface area contributed by atoms with Gasteiger partial charge in [0.05, 0.1) is 5.60 Å². The van der Waals surface area contributed by atoms with Crippen LogP contribution in [0.15, 0.2) is 18.2 Å². The third-order valence-electron chi connectivity index (χ3n) is 4.44. The summed E-state index contributed by atoms with van der Waals surface area (Å²) in [5, 5.41) is 0. The molecule has 2 N–H and O–H groups in total. The van der Waals surface area contributed by atoms with E-state index < -0.39 is 17.7 Å². The van der Waals surface area contributed by atoms with Gasteiger partial charge in [-0.1, -0.05) is 6.07 Å². The van der Waals surface area contributed by atoms with Gasteiger partial charge in [-0.2, -0.15) is 11.8 Å². The molecule has 1 spiro atoms. The van der Waals surface area contributed by atoms with Crippen molar-refractivity contribution in [1.82, 2.24) is 0 Å². The van der Waals surface area contributed by atoms with Crippen molar-refractivity contribution in [3.8, 4) is 0 Å². The Morgan fingerprint density at radius 3 is 2.75 bits per heavy atom. The van der Waals surface area contributed by atoms with Crippen LogP contribution in [0.5, 0.6) is 0 Å². The smallest absolute Gasteiger partial charge is 0.130 e. The first kappa shape index (κ1) is 14.3. The second-order valence-corrected chi connectivity index (χ2v) is 6.85. The lowest BCUT2D eigenvalue weighted by Gasteiger charge is -2.40. The van der Waals surface area contributed by atoms with Gasteiger partial charge in [-0.3, -0.25) is 0 Å². The molecule has 0 amide bonds. The van der Waals surface area contributed by atoms with Crippen molar-refractivity contribution in [3.05, 3.63) is 35.4 Å². The van der Waals surface area contributed by atoms with Gasteiger partial charge in [0.1, 0.15) is 11.6 Å². The van der Waals surface area contributed by atoms with E-state index in [-0.39, 0.29) is 17.1 Å². The predicted octanol–water partition coefficient (Wildman–Crippen LogP) is 3.27. The molecular weight excluding hydrogens is 280 g/mol. The number of hydrogen-bond acceptors (Lipinski definition) is 3. The lowest BCUT2D eigenvalue weighted by Crippen LogP contribution is -2.43. The van der Waals surface area contributed by atoms with Crippen LogP contribution in [0.1, 0.15) is 30.9 Å². The predicted molar refractivity (Wildman–Crippen MR) is 76.6 cm³/mol. The zero-order valence-corrected chi connectivity index (χ0v) is 12.1. The number of hydrogen-bond donors (Lipinski definition) is 1. The van der Waals surface area contributed by atoms with Gasteiger partial charge >= 0.3 is 0 Å². The van der Waals surface area contributed by atoms with Crippen molar-refractivity contribution in [2.75, 3.05) is 18.1 Å². The minimum atomic E-state index is -0.595. The number of halogens is 2.